The molecule has 7 heteroatoms. The molecule has 3 aliphatic rings. The van der Waals surface area contributed by atoms with Crippen molar-refractivity contribution in [1.82, 2.24) is 14.2 Å². The molecule has 176 valence electrons. The molecule has 0 bridgehead atoms. The fraction of sp³-hybridized carbons (Fsp3) is 0.538. The summed E-state index contributed by atoms with van der Waals surface area (Å²) in [7, 11) is -3.52. The first kappa shape index (κ1) is 22.5. The van der Waals surface area contributed by atoms with E-state index in [1.807, 2.05) is 24.3 Å². The van der Waals surface area contributed by atoms with Crippen molar-refractivity contribution < 1.29 is 13.2 Å². The van der Waals surface area contributed by atoms with Gasteiger partial charge in [0.05, 0.1) is 10.9 Å². The molecular weight excluding hydrogens is 434 g/mol. The Kier molecular flexibility index (Phi) is 6.52. The molecule has 33 heavy (non-hydrogen) atoms. The molecule has 1 aromatic heterocycles. The van der Waals surface area contributed by atoms with Crippen LogP contribution in [-0.2, 0) is 27.7 Å². The molecule has 2 aromatic rings. The maximum atomic E-state index is 13.6. The second-order valence-corrected chi connectivity index (χ2v) is 11.6. The second-order valence-electron chi connectivity index (χ2n) is 9.64. The monoisotopic (exact) mass is 467 g/mol. The van der Waals surface area contributed by atoms with Crippen LogP contribution in [0.2, 0.25) is 0 Å². The van der Waals surface area contributed by atoms with Gasteiger partial charge in [-0.15, -0.1) is 0 Å². The molecule has 1 amide bonds. The maximum Gasteiger partial charge on any atom is 0.243 e. The zero-order chi connectivity index (χ0) is 22.8. The van der Waals surface area contributed by atoms with E-state index >= 15 is 0 Å². The van der Waals surface area contributed by atoms with Gasteiger partial charge in [-0.1, -0.05) is 18.9 Å². The highest BCUT2D eigenvalue weighted by Crippen LogP contribution is 2.34. The summed E-state index contributed by atoms with van der Waals surface area (Å²) in [5.74, 6) is 0.0761. The first-order valence-corrected chi connectivity index (χ1v) is 13.8. The van der Waals surface area contributed by atoms with E-state index in [0.717, 1.165) is 57.1 Å². The van der Waals surface area contributed by atoms with E-state index in [1.54, 1.807) is 22.8 Å². The Morgan fingerprint density at radius 1 is 0.848 bits per heavy atom. The number of nitrogens with zero attached hydrogens (tertiary/aromatic N) is 3. The number of sulfonamides is 1. The van der Waals surface area contributed by atoms with E-state index in [1.165, 1.54) is 11.1 Å². The average Bonchev–Trinajstić information content (AvgIpc) is 3.19. The van der Waals surface area contributed by atoms with Crippen LogP contribution in [0.1, 0.15) is 67.7 Å². The minimum Gasteiger partial charge on any atom is -0.335 e. The Bertz CT molecular complexity index is 1100. The molecule has 1 aliphatic carbocycles. The molecule has 6 nitrogen and oxygen atoms in total. The molecule has 3 heterocycles. The fourth-order valence-electron chi connectivity index (χ4n) is 5.74. The van der Waals surface area contributed by atoms with Gasteiger partial charge < -0.3 is 4.90 Å². The van der Waals surface area contributed by atoms with Crippen molar-refractivity contribution in [3.05, 3.63) is 59.4 Å². The SMILES string of the molecule is O=C(C1CCN(S(=O)(=O)c2ccc3c(c2)CCC3)CC1)N1CCCCCC1c1ccncc1. The van der Waals surface area contributed by atoms with Gasteiger partial charge in [-0.25, -0.2) is 8.42 Å². The van der Waals surface area contributed by atoms with Gasteiger partial charge in [0.15, 0.2) is 0 Å². The standard InChI is InChI=1S/C26H33N3O3S/c30-26(29-16-3-1-2-7-25(29)21-10-14-27-15-11-21)22-12-17-28(18-13-22)33(31,32)24-9-8-20-5-4-6-23(20)19-24/h8-11,14-15,19,22,25H,1-7,12-13,16-18H2. The van der Waals surface area contributed by atoms with Crippen LogP contribution < -0.4 is 0 Å². The number of likely N-dealkylation sites (tertiary alicyclic amines) is 1. The van der Waals surface area contributed by atoms with Crippen molar-refractivity contribution in [2.75, 3.05) is 19.6 Å². The van der Waals surface area contributed by atoms with Crippen molar-refractivity contribution in [2.45, 2.75) is 68.7 Å². The summed E-state index contributed by atoms with van der Waals surface area (Å²) in [6.07, 6.45) is 12.1. The van der Waals surface area contributed by atoms with Gasteiger partial charge in [-0.2, -0.15) is 4.31 Å². The van der Waals surface area contributed by atoms with E-state index in [4.69, 9.17) is 0 Å². The zero-order valence-corrected chi connectivity index (χ0v) is 20.0. The summed E-state index contributed by atoms with van der Waals surface area (Å²) in [5.41, 5.74) is 3.60. The van der Waals surface area contributed by atoms with Gasteiger partial charge in [-0.3, -0.25) is 9.78 Å². The molecule has 1 aromatic carbocycles. The number of hydrogen-bond donors (Lipinski definition) is 0. The first-order valence-electron chi connectivity index (χ1n) is 12.4. The van der Waals surface area contributed by atoms with Crippen molar-refractivity contribution in [3.63, 3.8) is 0 Å². The molecule has 0 saturated carbocycles. The molecule has 2 aliphatic heterocycles. The van der Waals surface area contributed by atoms with Crippen LogP contribution in [0.3, 0.4) is 0 Å². The average molecular weight is 468 g/mol. The lowest BCUT2D eigenvalue weighted by Crippen LogP contribution is -2.45. The van der Waals surface area contributed by atoms with Crippen LogP contribution >= 0.6 is 0 Å². The molecule has 0 spiro atoms. The lowest BCUT2D eigenvalue weighted by Gasteiger charge is -2.36. The van der Waals surface area contributed by atoms with Crippen LogP contribution in [0.15, 0.2) is 47.6 Å². The molecule has 2 fully saturated rings. The number of carbonyl (C=O) groups is 1. The molecule has 5 rings (SSSR count). The molecular formula is C26H33N3O3S. The van der Waals surface area contributed by atoms with E-state index in [-0.39, 0.29) is 17.9 Å². The summed E-state index contributed by atoms with van der Waals surface area (Å²) in [5, 5.41) is 0. The largest absolute Gasteiger partial charge is 0.335 e. The molecule has 0 N–H and O–H groups in total. The summed E-state index contributed by atoms with van der Waals surface area (Å²) < 4.78 is 28.1. The van der Waals surface area contributed by atoms with Crippen LogP contribution in [0.5, 0.6) is 0 Å². The Balaban J connectivity index is 1.27. The Morgan fingerprint density at radius 2 is 1.61 bits per heavy atom. The number of fused-ring (bicyclic) bond motifs is 1. The number of aromatic nitrogens is 1. The van der Waals surface area contributed by atoms with Gasteiger partial charge in [0.25, 0.3) is 0 Å². The van der Waals surface area contributed by atoms with Crippen LogP contribution in [0.4, 0.5) is 0 Å². The number of amides is 1. The van der Waals surface area contributed by atoms with Crippen molar-refractivity contribution in [2.24, 2.45) is 5.92 Å². The molecule has 2 saturated heterocycles. The highest BCUT2D eigenvalue weighted by molar-refractivity contribution is 7.89. The number of pyridine rings is 1. The molecule has 1 atom stereocenters. The maximum absolute atomic E-state index is 13.6. The van der Waals surface area contributed by atoms with Crippen molar-refractivity contribution in [1.29, 1.82) is 0 Å². The smallest absolute Gasteiger partial charge is 0.243 e. The lowest BCUT2D eigenvalue weighted by molar-refractivity contribution is -0.139. The van der Waals surface area contributed by atoms with E-state index in [9.17, 15) is 13.2 Å². The zero-order valence-electron chi connectivity index (χ0n) is 19.2. The van der Waals surface area contributed by atoms with E-state index < -0.39 is 10.0 Å². The fourth-order valence-corrected chi connectivity index (χ4v) is 7.26. The Morgan fingerprint density at radius 3 is 2.39 bits per heavy atom. The highest BCUT2D eigenvalue weighted by Gasteiger charge is 2.36. The van der Waals surface area contributed by atoms with E-state index in [2.05, 4.69) is 9.88 Å². The minimum atomic E-state index is -3.52. The van der Waals surface area contributed by atoms with Gasteiger partial charge in [0, 0.05) is 37.9 Å². The topological polar surface area (TPSA) is 70.6 Å². The van der Waals surface area contributed by atoms with Crippen LogP contribution in [0.25, 0.3) is 0 Å². The quantitative estimate of drug-likeness (QED) is 0.678. The number of aryl methyl sites for hydroxylation is 2. The predicted molar refractivity (Wildman–Crippen MR) is 127 cm³/mol. The Hall–Kier alpha value is -2.25. The normalized spacial score (nSPS) is 22.7. The number of hydrogen-bond acceptors (Lipinski definition) is 4. The summed E-state index contributed by atoms with van der Waals surface area (Å²) >= 11 is 0. The van der Waals surface area contributed by atoms with E-state index in [0.29, 0.717) is 30.8 Å². The van der Waals surface area contributed by atoms with Crippen LogP contribution in [0, 0.1) is 5.92 Å². The van der Waals surface area contributed by atoms with Gasteiger partial charge >= 0.3 is 0 Å². The third-order valence-electron chi connectivity index (χ3n) is 7.64. The summed E-state index contributed by atoms with van der Waals surface area (Å²) in [6, 6.07) is 9.73. The lowest BCUT2D eigenvalue weighted by atomic mass is 9.94. The van der Waals surface area contributed by atoms with Gasteiger partial charge in [0.1, 0.15) is 0 Å². The number of rotatable bonds is 4. The number of benzene rings is 1. The van der Waals surface area contributed by atoms with Crippen molar-refractivity contribution in [3.8, 4) is 0 Å². The minimum absolute atomic E-state index is 0.0937. The first-order chi connectivity index (χ1) is 16.0. The Labute approximate surface area is 197 Å². The summed E-state index contributed by atoms with van der Waals surface area (Å²) in [6.45, 7) is 1.59. The van der Waals surface area contributed by atoms with Crippen LogP contribution in [-0.4, -0.2) is 48.1 Å². The highest BCUT2D eigenvalue weighted by atomic mass is 32.2. The second kappa shape index (κ2) is 9.55. The third kappa shape index (κ3) is 4.58. The predicted octanol–water partition coefficient (Wildman–Crippen LogP) is 4.11. The van der Waals surface area contributed by atoms with Gasteiger partial charge in [-0.05, 0) is 85.9 Å². The number of piperidine rings is 1. The van der Waals surface area contributed by atoms with Crippen molar-refractivity contribution >= 4 is 15.9 Å². The summed E-state index contributed by atoms with van der Waals surface area (Å²) in [4.78, 5) is 20.2. The number of carbonyl (C=O) groups excluding carboxylic acids is 1. The molecule has 1 unspecified atom stereocenters. The molecule has 0 radical (unpaired) electrons. The third-order valence-corrected chi connectivity index (χ3v) is 9.53. The van der Waals surface area contributed by atoms with Gasteiger partial charge in [0.2, 0.25) is 15.9 Å².